The van der Waals surface area contributed by atoms with Crippen molar-refractivity contribution >= 4 is 17.5 Å². The number of nitrogens with two attached hydrogens (primary N) is 1. The van der Waals surface area contributed by atoms with E-state index in [1.54, 1.807) is 24.3 Å². The van der Waals surface area contributed by atoms with Gasteiger partial charge in [-0.3, -0.25) is 9.59 Å². The molecule has 0 saturated heterocycles. The number of hydrogen-bond donors (Lipinski definition) is 3. The molecule has 0 aliphatic heterocycles. The fourth-order valence-electron chi connectivity index (χ4n) is 4.17. The molecule has 0 heterocycles. The number of benzene rings is 1. The summed E-state index contributed by atoms with van der Waals surface area (Å²) >= 11 is 0. The van der Waals surface area contributed by atoms with Gasteiger partial charge in [0.25, 0.3) is 5.91 Å². The summed E-state index contributed by atoms with van der Waals surface area (Å²) in [5.74, 6) is 0.880. The van der Waals surface area contributed by atoms with Crippen LogP contribution in [0.15, 0.2) is 24.3 Å². The van der Waals surface area contributed by atoms with Crippen LogP contribution in [-0.4, -0.2) is 23.9 Å². The molecular formula is C18H25N3O2. The molecule has 3 rings (SSSR count). The largest absolute Gasteiger partial charge is 0.349 e. The lowest BCUT2D eigenvalue weighted by molar-refractivity contribution is -0.114. The molecule has 2 atom stereocenters. The van der Waals surface area contributed by atoms with E-state index in [2.05, 4.69) is 10.6 Å². The lowest BCUT2D eigenvalue weighted by Gasteiger charge is -2.45. The molecule has 1 aromatic carbocycles. The van der Waals surface area contributed by atoms with Gasteiger partial charge >= 0.3 is 0 Å². The molecule has 2 amide bonds. The molecule has 0 spiro atoms. The summed E-state index contributed by atoms with van der Waals surface area (Å²) in [6.45, 7) is 1.47. The molecule has 124 valence electrons. The zero-order valence-electron chi connectivity index (χ0n) is 13.5. The molecule has 2 unspecified atom stereocenters. The van der Waals surface area contributed by atoms with Gasteiger partial charge in [0.1, 0.15) is 0 Å². The van der Waals surface area contributed by atoms with Crippen molar-refractivity contribution in [3.8, 4) is 0 Å². The van der Waals surface area contributed by atoms with Crippen molar-refractivity contribution in [2.45, 2.75) is 51.1 Å². The van der Waals surface area contributed by atoms with Crippen LogP contribution in [0.3, 0.4) is 0 Å². The Balaban J connectivity index is 1.65. The number of carbonyl (C=O) groups is 2. The van der Waals surface area contributed by atoms with Gasteiger partial charge in [0.15, 0.2) is 0 Å². The van der Waals surface area contributed by atoms with Crippen LogP contribution in [0.25, 0.3) is 0 Å². The van der Waals surface area contributed by atoms with Crippen LogP contribution in [0.4, 0.5) is 5.69 Å². The SMILES string of the molecule is CC(=O)Nc1ccc(C(=O)NC2C3CCCC2CC(N)C3)cc1. The summed E-state index contributed by atoms with van der Waals surface area (Å²) in [7, 11) is 0. The van der Waals surface area contributed by atoms with Crippen molar-refractivity contribution in [3.05, 3.63) is 29.8 Å². The number of nitrogens with one attached hydrogen (secondary N) is 2. The second-order valence-corrected chi connectivity index (χ2v) is 6.94. The predicted octanol–water partition coefficient (Wildman–Crippen LogP) is 2.28. The standard InChI is InChI=1S/C18H25N3O2/c1-11(22)20-16-7-5-12(6-8-16)18(23)21-17-13-3-2-4-14(17)10-15(19)9-13/h5-8,13-15,17H,2-4,9-10,19H2,1H3,(H,20,22)(H,21,23). The van der Waals surface area contributed by atoms with Crippen LogP contribution in [0.2, 0.25) is 0 Å². The average molecular weight is 315 g/mol. The van der Waals surface area contributed by atoms with Crippen LogP contribution in [0, 0.1) is 11.8 Å². The van der Waals surface area contributed by atoms with Gasteiger partial charge in [0.2, 0.25) is 5.91 Å². The zero-order chi connectivity index (χ0) is 16.4. The number of fused-ring (bicyclic) bond motifs is 2. The molecule has 5 nitrogen and oxygen atoms in total. The molecule has 4 N–H and O–H groups in total. The lowest BCUT2D eigenvalue weighted by Crippen LogP contribution is -2.53. The maximum atomic E-state index is 12.5. The number of carbonyl (C=O) groups excluding carboxylic acids is 2. The Kier molecular flexibility index (Phi) is 4.66. The van der Waals surface area contributed by atoms with E-state index in [-0.39, 0.29) is 23.9 Å². The Bertz CT molecular complexity index is 570. The Morgan fingerprint density at radius 2 is 1.70 bits per heavy atom. The quantitative estimate of drug-likeness (QED) is 0.800. The lowest BCUT2D eigenvalue weighted by atomic mass is 9.67. The van der Waals surface area contributed by atoms with Crippen molar-refractivity contribution < 1.29 is 9.59 Å². The molecule has 23 heavy (non-hydrogen) atoms. The third-order valence-electron chi connectivity index (χ3n) is 5.14. The molecule has 0 aromatic heterocycles. The first-order valence-corrected chi connectivity index (χ1v) is 8.47. The molecule has 2 saturated carbocycles. The van der Waals surface area contributed by atoms with Crippen molar-refractivity contribution in [1.82, 2.24) is 5.32 Å². The van der Waals surface area contributed by atoms with Gasteiger partial charge in [0, 0.05) is 30.3 Å². The molecule has 2 bridgehead atoms. The second kappa shape index (κ2) is 6.71. The van der Waals surface area contributed by atoms with Crippen molar-refractivity contribution in [2.75, 3.05) is 5.32 Å². The predicted molar refractivity (Wildman–Crippen MR) is 90.0 cm³/mol. The number of hydrogen-bond acceptors (Lipinski definition) is 3. The Morgan fingerprint density at radius 1 is 1.09 bits per heavy atom. The van der Waals surface area contributed by atoms with E-state index in [1.165, 1.54) is 13.3 Å². The summed E-state index contributed by atoms with van der Waals surface area (Å²) in [5, 5.41) is 5.94. The van der Waals surface area contributed by atoms with Gasteiger partial charge < -0.3 is 16.4 Å². The van der Waals surface area contributed by atoms with Crippen molar-refractivity contribution in [2.24, 2.45) is 17.6 Å². The summed E-state index contributed by atoms with van der Waals surface area (Å²) in [4.78, 5) is 23.6. The highest BCUT2D eigenvalue weighted by molar-refractivity contribution is 5.95. The summed E-state index contributed by atoms with van der Waals surface area (Å²) < 4.78 is 0. The van der Waals surface area contributed by atoms with Crippen LogP contribution >= 0.6 is 0 Å². The number of rotatable bonds is 3. The molecular weight excluding hydrogens is 290 g/mol. The monoisotopic (exact) mass is 315 g/mol. The first-order valence-electron chi connectivity index (χ1n) is 8.47. The van der Waals surface area contributed by atoms with Gasteiger partial charge in [-0.05, 0) is 61.8 Å². The van der Waals surface area contributed by atoms with E-state index in [9.17, 15) is 9.59 Å². The highest BCUT2D eigenvalue weighted by Crippen LogP contribution is 2.39. The topological polar surface area (TPSA) is 84.2 Å². The Labute approximate surface area is 137 Å². The molecule has 0 radical (unpaired) electrons. The van der Waals surface area contributed by atoms with Gasteiger partial charge in [-0.15, -0.1) is 0 Å². The van der Waals surface area contributed by atoms with E-state index >= 15 is 0 Å². The third kappa shape index (κ3) is 3.72. The second-order valence-electron chi connectivity index (χ2n) is 6.94. The van der Waals surface area contributed by atoms with Crippen LogP contribution in [0.5, 0.6) is 0 Å². The maximum absolute atomic E-state index is 12.5. The highest BCUT2D eigenvalue weighted by Gasteiger charge is 2.39. The van der Waals surface area contributed by atoms with Crippen molar-refractivity contribution in [3.63, 3.8) is 0 Å². The summed E-state index contributed by atoms with van der Waals surface area (Å²) in [6.07, 6.45) is 5.61. The third-order valence-corrected chi connectivity index (χ3v) is 5.14. The molecule has 5 heteroatoms. The fraction of sp³-hybridized carbons (Fsp3) is 0.556. The van der Waals surface area contributed by atoms with E-state index in [0.29, 0.717) is 23.1 Å². The molecule has 2 fully saturated rings. The number of amides is 2. The van der Waals surface area contributed by atoms with E-state index < -0.39 is 0 Å². The fourth-order valence-corrected chi connectivity index (χ4v) is 4.17. The molecule has 2 aliphatic rings. The average Bonchev–Trinajstić information content (AvgIpc) is 2.48. The van der Waals surface area contributed by atoms with Gasteiger partial charge in [-0.25, -0.2) is 0 Å². The van der Waals surface area contributed by atoms with Crippen molar-refractivity contribution in [1.29, 1.82) is 0 Å². The van der Waals surface area contributed by atoms with Crippen LogP contribution in [-0.2, 0) is 4.79 Å². The Hall–Kier alpha value is -1.88. The molecule has 1 aromatic rings. The minimum Gasteiger partial charge on any atom is -0.349 e. The smallest absolute Gasteiger partial charge is 0.251 e. The first kappa shape index (κ1) is 16.0. The van der Waals surface area contributed by atoms with Crippen LogP contribution < -0.4 is 16.4 Å². The minimum absolute atomic E-state index is 0.0308. The maximum Gasteiger partial charge on any atom is 0.251 e. The molecule has 2 aliphatic carbocycles. The minimum atomic E-state index is -0.117. The Morgan fingerprint density at radius 3 is 2.26 bits per heavy atom. The van der Waals surface area contributed by atoms with Gasteiger partial charge in [0.05, 0.1) is 0 Å². The van der Waals surface area contributed by atoms with E-state index in [1.807, 2.05) is 0 Å². The summed E-state index contributed by atoms with van der Waals surface area (Å²) in [5.41, 5.74) is 7.47. The summed E-state index contributed by atoms with van der Waals surface area (Å²) in [6, 6.07) is 7.57. The zero-order valence-corrected chi connectivity index (χ0v) is 13.5. The van der Waals surface area contributed by atoms with Gasteiger partial charge in [-0.2, -0.15) is 0 Å². The van der Waals surface area contributed by atoms with Crippen LogP contribution in [0.1, 0.15) is 49.4 Å². The highest BCUT2D eigenvalue weighted by atomic mass is 16.2. The first-order chi connectivity index (χ1) is 11.0. The normalized spacial score (nSPS) is 29.7. The van der Waals surface area contributed by atoms with Gasteiger partial charge in [-0.1, -0.05) is 6.42 Å². The number of anilines is 1. The van der Waals surface area contributed by atoms with E-state index in [4.69, 9.17) is 5.73 Å². The van der Waals surface area contributed by atoms with E-state index in [0.717, 1.165) is 25.7 Å².